The maximum atomic E-state index is 2.99. The van der Waals surface area contributed by atoms with Gasteiger partial charge in [-0.1, -0.05) is 223 Å². The lowest BCUT2D eigenvalue weighted by atomic mass is 9.33. The summed E-state index contributed by atoms with van der Waals surface area (Å²) in [5.41, 5.74) is 24.5. The minimum Gasteiger partial charge on any atom is -0.335 e. The van der Waals surface area contributed by atoms with Gasteiger partial charge in [0.15, 0.2) is 0 Å². The molecule has 13 rings (SSSR count). The SMILES string of the molecule is CC(C)(C)c1ccc2c(c1)B1c3cc([Si](C)(C)C)cc4c3N(c3cc(N5c6ccc(C(C)(C)C)cc6C6(c7ccccc7)CCCCC56C)cc(c31)N2c1ccc(C(C)(C)C)cc1-c1ccccc1)C1(C)CCCCC41C. The van der Waals surface area contributed by atoms with E-state index in [0.717, 1.165) is 12.8 Å². The highest BCUT2D eigenvalue weighted by Crippen LogP contribution is 2.66. The monoisotopic (exact) mass is 1030 g/mol. The third-order valence-electron chi connectivity index (χ3n) is 20.9. The van der Waals surface area contributed by atoms with E-state index >= 15 is 0 Å². The van der Waals surface area contributed by atoms with Crippen LogP contribution < -0.4 is 36.3 Å². The number of hydrogen-bond acceptors (Lipinski definition) is 3. The molecule has 394 valence electrons. The van der Waals surface area contributed by atoms with Crippen molar-refractivity contribution in [3.63, 3.8) is 0 Å². The Kier molecular flexibility index (Phi) is 11.0. The van der Waals surface area contributed by atoms with Gasteiger partial charge in [-0.15, -0.1) is 0 Å². The van der Waals surface area contributed by atoms with Gasteiger partial charge in [0.2, 0.25) is 0 Å². The topological polar surface area (TPSA) is 9.72 Å². The maximum absolute atomic E-state index is 2.99. The van der Waals surface area contributed by atoms with Gasteiger partial charge in [-0.05, 0) is 148 Å². The maximum Gasteiger partial charge on any atom is 0.252 e. The summed E-state index contributed by atoms with van der Waals surface area (Å²) in [5.74, 6) is 0. The van der Waals surface area contributed by atoms with Crippen LogP contribution in [0.2, 0.25) is 19.6 Å². The third-order valence-corrected chi connectivity index (χ3v) is 22.9. The van der Waals surface area contributed by atoms with E-state index in [1.165, 1.54) is 134 Å². The van der Waals surface area contributed by atoms with Crippen molar-refractivity contribution in [3.05, 3.63) is 173 Å². The van der Waals surface area contributed by atoms with E-state index in [1.54, 1.807) is 10.8 Å². The molecule has 77 heavy (non-hydrogen) atoms. The van der Waals surface area contributed by atoms with Gasteiger partial charge in [0, 0.05) is 50.5 Å². The predicted octanol–water partition coefficient (Wildman–Crippen LogP) is 16.9. The second kappa shape index (κ2) is 16.6. The van der Waals surface area contributed by atoms with Gasteiger partial charge < -0.3 is 14.7 Å². The van der Waals surface area contributed by atoms with E-state index in [-0.39, 0.29) is 44.9 Å². The van der Waals surface area contributed by atoms with Crippen LogP contribution >= 0.6 is 0 Å². The highest BCUT2D eigenvalue weighted by atomic mass is 28.3. The van der Waals surface area contributed by atoms with Crippen LogP contribution in [0, 0.1) is 0 Å². The van der Waals surface area contributed by atoms with Crippen LogP contribution in [-0.2, 0) is 27.1 Å². The first-order chi connectivity index (χ1) is 36.3. The molecule has 4 heterocycles. The summed E-state index contributed by atoms with van der Waals surface area (Å²) in [5, 5.41) is 1.59. The van der Waals surface area contributed by atoms with Crippen molar-refractivity contribution in [2.45, 2.75) is 192 Å². The Balaban J connectivity index is 1.20. The minimum atomic E-state index is -1.80. The van der Waals surface area contributed by atoms with Gasteiger partial charge in [0.25, 0.3) is 6.71 Å². The number of fused-ring (bicyclic) bond motifs is 10. The molecule has 2 fully saturated rings. The highest BCUT2D eigenvalue weighted by Gasteiger charge is 2.64. The van der Waals surface area contributed by atoms with Crippen LogP contribution in [0.1, 0.15) is 168 Å². The molecular weight excluding hydrogens is 946 g/mol. The van der Waals surface area contributed by atoms with Crippen LogP contribution in [0.15, 0.2) is 140 Å². The fraction of sp³-hybridized carbons (Fsp3) is 0.417. The standard InChI is InChI=1S/C72H84BN3Si/c1-66(2,3)49-30-33-59(54(40-49)47-26-18-16-19-27-47)74-61-35-32-51(68(7,8)9)42-57(61)73-58-46-53(77(13,14)15)45-56-65(58)76(70(11)37-23-22-36-69(56,70)10)63-44-52(43-62(74)64(63)73)75-60-34-31-50(67(4,5)6)41-55(60)72(48-28-20-17-21-29-48)39-25-24-38-71(72,75)12/h16-21,26-35,40-46H,22-25,36-39H2,1-15H3. The van der Waals surface area contributed by atoms with E-state index in [1.807, 2.05) is 0 Å². The van der Waals surface area contributed by atoms with E-state index in [0.29, 0.717) is 0 Å². The molecule has 6 aliphatic rings. The van der Waals surface area contributed by atoms with Crippen LogP contribution in [0.25, 0.3) is 11.1 Å². The predicted molar refractivity (Wildman–Crippen MR) is 336 cm³/mol. The summed E-state index contributed by atoms with van der Waals surface area (Å²) in [4.78, 5) is 8.66. The van der Waals surface area contributed by atoms with Crippen molar-refractivity contribution in [3.8, 4) is 11.1 Å². The van der Waals surface area contributed by atoms with Crippen molar-refractivity contribution in [1.82, 2.24) is 0 Å². The van der Waals surface area contributed by atoms with Crippen molar-refractivity contribution in [1.29, 1.82) is 0 Å². The normalized spacial score (nSPS) is 24.2. The number of nitrogens with zero attached hydrogens (tertiary/aromatic N) is 3. The molecule has 2 aliphatic carbocycles. The van der Waals surface area contributed by atoms with Crippen molar-refractivity contribution < 1.29 is 0 Å². The molecule has 0 spiro atoms. The van der Waals surface area contributed by atoms with Crippen molar-refractivity contribution in [2.75, 3.05) is 14.7 Å². The van der Waals surface area contributed by atoms with Crippen LogP contribution in [0.5, 0.6) is 0 Å². The minimum absolute atomic E-state index is 0.00837. The number of benzene rings is 7. The summed E-state index contributed by atoms with van der Waals surface area (Å²) in [6, 6.07) is 56.7. The van der Waals surface area contributed by atoms with E-state index in [9.17, 15) is 0 Å². The quantitative estimate of drug-likeness (QED) is 0.159. The van der Waals surface area contributed by atoms with Gasteiger partial charge in [0.1, 0.15) is 0 Å². The molecule has 5 heteroatoms. The number of anilines is 7. The van der Waals surface area contributed by atoms with Crippen LogP contribution in [-0.4, -0.2) is 25.9 Å². The summed E-state index contributed by atoms with van der Waals surface area (Å²) in [6.45, 7) is 37.3. The molecule has 4 unspecified atom stereocenters. The summed E-state index contributed by atoms with van der Waals surface area (Å²) >= 11 is 0. The Bertz CT molecular complexity index is 3550. The van der Waals surface area contributed by atoms with Crippen molar-refractivity contribution >= 4 is 76.2 Å². The van der Waals surface area contributed by atoms with Crippen LogP contribution in [0.3, 0.4) is 0 Å². The Labute approximate surface area is 464 Å². The molecule has 0 amide bonds. The molecule has 0 saturated heterocycles. The molecule has 3 nitrogen and oxygen atoms in total. The largest absolute Gasteiger partial charge is 0.335 e. The molecule has 4 aliphatic heterocycles. The zero-order valence-electron chi connectivity index (χ0n) is 49.4. The van der Waals surface area contributed by atoms with Crippen LogP contribution in [0.4, 0.5) is 39.8 Å². The average molecular weight is 1030 g/mol. The molecule has 0 bridgehead atoms. The second-order valence-corrected chi connectivity index (χ2v) is 34.5. The average Bonchev–Trinajstić information content (AvgIpc) is 2.80. The lowest BCUT2D eigenvalue weighted by Crippen LogP contribution is -2.65. The van der Waals surface area contributed by atoms with E-state index in [4.69, 9.17) is 0 Å². The fourth-order valence-corrected chi connectivity index (χ4v) is 17.5. The lowest BCUT2D eigenvalue weighted by Gasteiger charge is -2.54. The molecule has 2 saturated carbocycles. The third kappa shape index (κ3) is 7.06. The molecule has 0 N–H and O–H groups in total. The highest BCUT2D eigenvalue weighted by molar-refractivity contribution is 7.01. The Morgan fingerprint density at radius 3 is 1.68 bits per heavy atom. The molecule has 0 radical (unpaired) electrons. The number of rotatable bonds is 5. The van der Waals surface area contributed by atoms with E-state index in [2.05, 4.69) is 257 Å². The zero-order chi connectivity index (χ0) is 54.2. The Morgan fingerprint density at radius 2 is 1.03 bits per heavy atom. The fourth-order valence-electron chi connectivity index (χ4n) is 16.3. The van der Waals surface area contributed by atoms with E-state index < -0.39 is 8.07 Å². The van der Waals surface area contributed by atoms with Gasteiger partial charge in [-0.3, -0.25) is 0 Å². The molecule has 4 atom stereocenters. The second-order valence-electron chi connectivity index (χ2n) is 29.5. The smallest absolute Gasteiger partial charge is 0.252 e. The van der Waals surface area contributed by atoms with Gasteiger partial charge in [-0.25, -0.2) is 0 Å². The Morgan fingerprint density at radius 1 is 0.468 bits per heavy atom. The molecule has 0 aromatic heterocycles. The lowest BCUT2D eigenvalue weighted by molar-refractivity contribution is 0.195. The van der Waals surface area contributed by atoms with Gasteiger partial charge in [0.05, 0.1) is 24.8 Å². The van der Waals surface area contributed by atoms with Gasteiger partial charge in [-0.2, -0.15) is 0 Å². The first-order valence-electron chi connectivity index (χ1n) is 29.6. The zero-order valence-corrected chi connectivity index (χ0v) is 50.4. The molecule has 7 aromatic rings. The first kappa shape index (κ1) is 50.7. The number of hydrogen-bond donors (Lipinski definition) is 0. The Hall–Kier alpha value is -5.78. The summed E-state index contributed by atoms with van der Waals surface area (Å²) < 4.78 is 0. The summed E-state index contributed by atoms with van der Waals surface area (Å²) in [6.07, 6.45) is 9.54. The first-order valence-corrected chi connectivity index (χ1v) is 33.1. The van der Waals surface area contributed by atoms with Gasteiger partial charge >= 0.3 is 0 Å². The summed E-state index contributed by atoms with van der Waals surface area (Å²) in [7, 11) is -1.80. The van der Waals surface area contributed by atoms with Crippen molar-refractivity contribution in [2.24, 2.45) is 0 Å². The molecular formula is C72H84BN3Si. The molecule has 7 aromatic carbocycles.